The Kier molecular flexibility index (Phi) is 5.83. The van der Waals surface area contributed by atoms with Crippen molar-refractivity contribution in [2.75, 3.05) is 20.8 Å². The lowest BCUT2D eigenvalue weighted by Gasteiger charge is -2.18. The Labute approximate surface area is 185 Å². The second-order valence-electron chi connectivity index (χ2n) is 7.52. The van der Waals surface area contributed by atoms with Crippen molar-refractivity contribution < 1.29 is 34.6 Å². The van der Waals surface area contributed by atoms with Gasteiger partial charge in [-0.3, -0.25) is 0 Å². The molecule has 3 aromatic carbocycles. The summed E-state index contributed by atoms with van der Waals surface area (Å²) in [6, 6.07) is 13.0. The molecule has 0 spiro atoms. The van der Waals surface area contributed by atoms with E-state index in [0.717, 1.165) is 16.7 Å². The van der Waals surface area contributed by atoms with Gasteiger partial charge in [-0.2, -0.15) is 0 Å². The van der Waals surface area contributed by atoms with Gasteiger partial charge in [0.05, 0.1) is 26.7 Å². The second kappa shape index (κ2) is 8.72. The number of fused-ring (bicyclic) bond motifs is 1. The lowest BCUT2D eigenvalue weighted by atomic mass is 9.90. The van der Waals surface area contributed by atoms with Crippen LogP contribution in [-0.4, -0.2) is 41.3 Å². The zero-order valence-electron chi connectivity index (χ0n) is 17.6. The summed E-state index contributed by atoms with van der Waals surface area (Å²) in [6.07, 6.45) is 3.09. The van der Waals surface area contributed by atoms with Crippen LogP contribution in [0.3, 0.4) is 0 Å². The fraction of sp³-hybridized carbons (Fsp3) is 0.200. The van der Waals surface area contributed by atoms with Crippen LogP contribution in [0.1, 0.15) is 34.3 Å². The average Bonchev–Trinajstić information content (AvgIpc) is 3.15. The predicted molar refractivity (Wildman–Crippen MR) is 120 cm³/mol. The van der Waals surface area contributed by atoms with E-state index in [0.29, 0.717) is 22.8 Å². The van der Waals surface area contributed by atoms with E-state index in [1.54, 1.807) is 25.3 Å². The molecule has 2 atom stereocenters. The lowest BCUT2D eigenvalue weighted by molar-refractivity contribution is 0.157. The van der Waals surface area contributed by atoms with Crippen molar-refractivity contribution in [2.45, 2.75) is 12.0 Å². The summed E-state index contributed by atoms with van der Waals surface area (Å²) in [6.45, 7) is -0.155. The first-order valence-corrected chi connectivity index (χ1v) is 10.0. The molecule has 4 rings (SSSR count). The molecule has 0 saturated carbocycles. The molecule has 0 fully saturated rings. The van der Waals surface area contributed by atoms with Crippen molar-refractivity contribution >= 4 is 12.2 Å². The minimum Gasteiger partial charge on any atom is -0.508 e. The summed E-state index contributed by atoms with van der Waals surface area (Å²) in [5, 5.41) is 39.4. The minimum atomic E-state index is -0.486. The maximum Gasteiger partial charge on any atom is 0.165 e. The summed E-state index contributed by atoms with van der Waals surface area (Å²) in [4.78, 5) is 0. The standard InChI is InChI=1S/C25H24O7/c1-30-22-11-16(5-6-21(22)29)24-20(13-26)19-9-15(10-23(31-2)25(19)32-24)4-3-14-7-17(27)12-18(28)8-14/h3-12,20,24,26-29H,13H2,1-2H3/t20-,24+/m0/s1. The molecule has 166 valence electrons. The van der Waals surface area contributed by atoms with Crippen LogP contribution < -0.4 is 14.2 Å². The number of aliphatic hydroxyl groups is 1. The van der Waals surface area contributed by atoms with E-state index in [9.17, 15) is 20.4 Å². The van der Waals surface area contributed by atoms with Gasteiger partial charge in [0.1, 0.15) is 17.6 Å². The molecule has 7 heteroatoms. The summed E-state index contributed by atoms with van der Waals surface area (Å²) in [5.74, 6) is 1.00. The first-order chi connectivity index (χ1) is 15.4. The van der Waals surface area contributed by atoms with Gasteiger partial charge in [-0.1, -0.05) is 18.2 Å². The summed E-state index contributed by atoms with van der Waals surface area (Å²) in [7, 11) is 3.02. The number of hydrogen-bond donors (Lipinski definition) is 4. The third-order valence-corrected chi connectivity index (χ3v) is 5.46. The monoisotopic (exact) mass is 436 g/mol. The van der Waals surface area contributed by atoms with Gasteiger partial charge < -0.3 is 34.6 Å². The summed E-state index contributed by atoms with van der Waals surface area (Å²) >= 11 is 0. The van der Waals surface area contributed by atoms with Crippen molar-refractivity contribution in [3.63, 3.8) is 0 Å². The van der Waals surface area contributed by atoms with E-state index < -0.39 is 6.10 Å². The van der Waals surface area contributed by atoms with E-state index in [-0.39, 0.29) is 29.8 Å². The van der Waals surface area contributed by atoms with E-state index in [2.05, 4.69) is 0 Å². The Hall–Kier alpha value is -3.84. The van der Waals surface area contributed by atoms with E-state index in [1.807, 2.05) is 18.2 Å². The zero-order valence-corrected chi connectivity index (χ0v) is 17.6. The Morgan fingerprint density at radius 2 is 1.50 bits per heavy atom. The van der Waals surface area contributed by atoms with Crippen molar-refractivity contribution in [3.8, 4) is 34.5 Å². The van der Waals surface area contributed by atoms with Gasteiger partial charge in [-0.15, -0.1) is 0 Å². The van der Waals surface area contributed by atoms with Crippen molar-refractivity contribution in [1.29, 1.82) is 0 Å². The number of benzene rings is 3. The first kappa shape index (κ1) is 21.4. The highest BCUT2D eigenvalue weighted by molar-refractivity contribution is 5.73. The van der Waals surface area contributed by atoms with Crippen LogP contribution in [-0.2, 0) is 0 Å². The number of rotatable bonds is 6. The van der Waals surface area contributed by atoms with E-state index in [1.165, 1.54) is 31.4 Å². The molecule has 0 aromatic heterocycles. The quantitative estimate of drug-likeness (QED) is 0.429. The first-order valence-electron chi connectivity index (χ1n) is 10.0. The molecule has 3 aromatic rings. The lowest BCUT2D eigenvalue weighted by Crippen LogP contribution is -2.13. The van der Waals surface area contributed by atoms with Crippen LogP contribution in [0.2, 0.25) is 0 Å². The molecule has 0 amide bonds. The topological polar surface area (TPSA) is 109 Å². The van der Waals surface area contributed by atoms with E-state index in [4.69, 9.17) is 14.2 Å². The number of phenols is 3. The van der Waals surface area contributed by atoms with Gasteiger partial charge >= 0.3 is 0 Å². The highest BCUT2D eigenvalue weighted by Crippen LogP contribution is 2.51. The molecule has 0 unspecified atom stereocenters. The van der Waals surface area contributed by atoms with Crippen LogP contribution in [0.4, 0.5) is 0 Å². The fourth-order valence-electron chi connectivity index (χ4n) is 3.94. The Morgan fingerprint density at radius 1 is 0.844 bits per heavy atom. The van der Waals surface area contributed by atoms with Crippen molar-refractivity contribution in [3.05, 3.63) is 70.8 Å². The molecule has 1 aliphatic rings. The molecule has 32 heavy (non-hydrogen) atoms. The number of aliphatic hydroxyl groups excluding tert-OH is 1. The normalized spacial score (nSPS) is 17.2. The Bertz CT molecular complexity index is 1150. The summed E-state index contributed by atoms with van der Waals surface area (Å²) < 4.78 is 16.9. The molecule has 0 aliphatic carbocycles. The molecular formula is C25H24O7. The number of aromatic hydroxyl groups is 3. The molecule has 0 radical (unpaired) electrons. The predicted octanol–water partition coefficient (Wildman–Crippen LogP) is 4.20. The Balaban J connectivity index is 1.71. The van der Waals surface area contributed by atoms with Gasteiger partial charge in [0, 0.05) is 11.6 Å². The minimum absolute atomic E-state index is 0.0234. The molecule has 1 heterocycles. The fourth-order valence-corrected chi connectivity index (χ4v) is 3.94. The van der Waals surface area contributed by atoms with E-state index >= 15 is 0 Å². The number of phenolic OH excluding ortho intramolecular Hbond substituents is 3. The molecule has 4 N–H and O–H groups in total. The van der Waals surface area contributed by atoms with Crippen LogP contribution >= 0.6 is 0 Å². The zero-order chi connectivity index (χ0) is 22.8. The maximum absolute atomic E-state index is 10.2. The van der Waals surface area contributed by atoms with Crippen LogP contribution in [0.25, 0.3) is 12.2 Å². The van der Waals surface area contributed by atoms with Gasteiger partial charge in [0.2, 0.25) is 0 Å². The number of hydrogen-bond acceptors (Lipinski definition) is 7. The van der Waals surface area contributed by atoms with Crippen molar-refractivity contribution in [2.24, 2.45) is 0 Å². The molecular weight excluding hydrogens is 412 g/mol. The average molecular weight is 436 g/mol. The third kappa shape index (κ3) is 4.02. The van der Waals surface area contributed by atoms with Gasteiger partial charge in [0.15, 0.2) is 23.0 Å². The van der Waals surface area contributed by atoms with Crippen LogP contribution in [0.5, 0.6) is 34.5 Å². The third-order valence-electron chi connectivity index (χ3n) is 5.46. The van der Waals surface area contributed by atoms with Gasteiger partial charge in [-0.05, 0) is 53.1 Å². The molecule has 0 saturated heterocycles. The summed E-state index contributed by atoms with van der Waals surface area (Å²) in [5.41, 5.74) is 2.98. The SMILES string of the molecule is COc1cc([C@H]2Oc3c(OC)cc(C=Cc4cc(O)cc(O)c4)cc3[C@@H]2CO)ccc1O. The number of ether oxygens (including phenoxy) is 3. The van der Waals surface area contributed by atoms with Crippen LogP contribution in [0.15, 0.2) is 48.5 Å². The highest BCUT2D eigenvalue weighted by Gasteiger charge is 2.37. The highest BCUT2D eigenvalue weighted by atomic mass is 16.5. The molecule has 1 aliphatic heterocycles. The van der Waals surface area contributed by atoms with Gasteiger partial charge in [0.25, 0.3) is 0 Å². The second-order valence-corrected chi connectivity index (χ2v) is 7.52. The Morgan fingerprint density at radius 3 is 2.12 bits per heavy atom. The van der Waals surface area contributed by atoms with Crippen LogP contribution in [0, 0.1) is 0 Å². The largest absolute Gasteiger partial charge is 0.508 e. The van der Waals surface area contributed by atoms with Crippen molar-refractivity contribution in [1.82, 2.24) is 0 Å². The van der Waals surface area contributed by atoms with Gasteiger partial charge in [-0.25, -0.2) is 0 Å². The smallest absolute Gasteiger partial charge is 0.165 e. The maximum atomic E-state index is 10.2. The number of methoxy groups -OCH3 is 2. The molecule has 7 nitrogen and oxygen atoms in total. The molecule has 0 bridgehead atoms.